The lowest BCUT2D eigenvalue weighted by atomic mass is 10.7. The van der Waals surface area contributed by atoms with Crippen LogP contribution in [0.3, 0.4) is 0 Å². The molecule has 0 saturated carbocycles. The standard InChI is InChI=1S/C4H6N3S/c1-3-5-4(8-2)7-6-3/h1-2H3. The first kappa shape index (κ1) is 5.62. The van der Waals surface area contributed by atoms with E-state index in [4.69, 9.17) is 0 Å². The van der Waals surface area contributed by atoms with Crippen molar-refractivity contribution in [3.05, 3.63) is 0 Å². The van der Waals surface area contributed by atoms with Crippen molar-refractivity contribution in [1.82, 2.24) is 5.43 Å². The van der Waals surface area contributed by atoms with E-state index >= 15 is 0 Å². The molecule has 8 heavy (non-hydrogen) atoms. The highest BCUT2D eigenvalue weighted by atomic mass is 32.2. The van der Waals surface area contributed by atoms with E-state index in [1.165, 1.54) is 11.8 Å². The number of hydrogen-bond donors (Lipinski definition) is 0. The molecule has 0 N–H and O–H groups in total. The molecule has 0 aromatic carbocycles. The fourth-order valence-electron chi connectivity index (χ4n) is 0.385. The summed E-state index contributed by atoms with van der Waals surface area (Å²) in [7, 11) is 0. The first-order chi connectivity index (χ1) is 3.83. The summed E-state index contributed by atoms with van der Waals surface area (Å²) in [6.45, 7) is 1.83. The minimum Gasteiger partial charge on any atom is -0.204 e. The smallest absolute Gasteiger partial charge is 0.204 e. The van der Waals surface area contributed by atoms with Crippen molar-refractivity contribution < 1.29 is 0 Å². The van der Waals surface area contributed by atoms with Gasteiger partial charge in [0.2, 0.25) is 5.17 Å². The number of nitrogens with zero attached hydrogens (tertiary/aromatic N) is 3. The van der Waals surface area contributed by atoms with Gasteiger partial charge in [0.1, 0.15) is 0 Å². The second kappa shape index (κ2) is 2.17. The van der Waals surface area contributed by atoms with Crippen molar-refractivity contribution in [3.63, 3.8) is 0 Å². The molecule has 43 valence electrons. The van der Waals surface area contributed by atoms with Crippen molar-refractivity contribution in [2.24, 2.45) is 10.1 Å². The van der Waals surface area contributed by atoms with E-state index in [1.54, 1.807) is 0 Å². The Hall–Kier alpha value is -0.510. The number of aliphatic imine (C=N–C) groups is 1. The maximum Gasteiger partial charge on any atom is 0.210 e. The molecule has 0 atom stereocenters. The van der Waals surface area contributed by atoms with Crippen LogP contribution < -0.4 is 5.43 Å². The molecule has 3 nitrogen and oxygen atoms in total. The Morgan fingerprint density at radius 2 is 2.25 bits per heavy atom. The van der Waals surface area contributed by atoms with Gasteiger partial charge in [-0.1, -0.05) is 11.8 Å². The van der Waals surface area contributed by atoms with Gasteiger partial charge in [0, 0.05) is 0 Å². The van der Waals surface area contributed by atoms with Crippen LogP contribution in [0.5, 0.6) is 0 Å². The molecule has 0 aliphatic carbocycles. The fourth-order valence-corrected chi connectivity index (χ4v) is 0.731. The molecule has 1 aliphatic heterocycles. The fraction of sp³-hybridized carbons (Fsp3) is 0.500. The van der Waals surface area contributed by atoms with Crippen LogP contribution in [0.25, 0.3) is 0 Å². The lowest BCUT2D eigenvalue weighted by Gasteiger charge is -1.79. The lowest BCUT2D eigenvalue weighted by molar-refractivity contribution is 1.03. The van der Waals surface area contributed by atoms with Gasteiger partial charge in [0.05, 0.1) is 0 Å². The lowest BCUT2D eigenvalue weighted by Crippen LogP contribution is -1.96. The molecule has 0 saturated heterocycles. The third kappa shape index (κ3) is 1.01. The zero-order valence-electron chi connectivity index (χ0n) is 4.75. The Morgan fingerprint density at radius 3 is 2.50 bits per heavy atom. The van der Waals surface area contributed by atoms with Gasteiger partial charge in [0.15, 0.2) is 5.84 Å². The highest BCUT2D eigenvalue weighted by molar-refractivity contribution is 8.13. The van der Waals surface area contributed by atoms with Gasteiger partial charge in [-0.25, -0.2) is 4.99 Å². The van der Waals surface area contributed by atoms with Crippen molar-refractivity contribution in [1.29, 1.82) is 0 Å². The Bertz CT molecular complexity index is 149. The Balaban J connectivity index is 2.58. The second-order valence-electron chi connectivity index (χ2n) is 1.35. The van der Waals surface area contributed by atoms with E-state index in [0.29, 0.717) is 0 Å². The SMILES string of the molecule is CSC1=N[N]C(C)=N1. The average Bonchev–Trinajstić information content (AvgIpc) is 2.14. The number of thioether (sulfide) groups is 1. The van der Waals surface area contributed by atoms with Gasteiger partial charge in [-0.05, 0) is 13.2 Å². The summed E-state index contributed by atoms with van der Waals surface area (Å²) >= 11 is 1.50. The normalized spacial score (nSPS) is 17.2. The molecule has 0 fully saturated rings. The molecule has 4 heteroatoms. The Morgan fingerprint density at radius 1 is 1.50 bits per heavy atom. The Labute approximate surface area is 52.3 Å². The third-order valence-electron chi connectivity index (χ3n) is 0.720. The zero-order valence-corrected chi connectivity index (χ0v) is 5.57. The maximum absolute atomic E-state index is 3.97. The van der Waals surface area contributed by atoms with Crippen LogP contribution in [0.4, 0.5) is 0 Å². The molecule has 0 unspecified atom stereocenters. The monoisotopic (exact) mass is 128 g/mol. The summed E-state index contributed by atoms with van der Waals surface area (Å²) < 4.78 is 0. The van der Waals surface area contributed by atoms with Gasteiger partial charge in [-0.2, -0.15) is 0 Å². The molecule has 1 aliphatic rings. The van der Waals surface area contributed by atoms with Gasteiger partial charge < -0.3 is 0 Å². The molecule has 0 aromatic heterocycles. The summed E-state index contributed by atoms with van der Waals surface area (Å²) in [5.74, 6) is 0.745. The van der Waals surface area contributed by atoms with E-state index < -0.39 is 0 Å². The molecule has 0 spiro atoms. The first-order valence-electron chi connectivity index (χ1n) is 2.21. The predicted molar refractivity (Wildman–Crippen MR) is 36.2 cm³/mol. The molecular formula is C4H6N3S. The van der Waals surface area contributed by atoms with Crippen LogP contribution >= 0.6 is 11.8 Å². The van der Waals surface area contributed by atoms with Gasteiger partial charge in [-0.3, -0.25) is 0 Å². The number of rotatable bonds is 0. The maximum atomic E-state index is 3.97. The number of amidine groups is 2. The largest absolute Gasteiger partial charge is 0.210 e. The van der Waals surface area contributed by atoms with Crippen molar-refractivity contribution in [2.45, 2.75) is 6.92 Å². The van der Waals surface area contributed by atoms with Crippen LogP contribution in [0.15, 0.2) is 10.1 Å². The minimum absolute atomic E-state index is 0.745. The summed E-state index contributed by atoms with van der Waals surface area (Å²) in [4.78, 5) is 3.97. The summed E-state index contributed by atoms with van der Waals surface area (Å²) in [6.07, 6.45) is 1.93. The zero-order chi connectivity index (χ0) is 5.98. The first-order valence-corrected chi connectivity index (χ1v) is 3.43. The number of hydrogen-bond acceptors (Lipinski definition) is 3. The highest BCUT2D eigenvalue weighted by Gasteiger charge is 2.03. The van der Waals surface area contributed by atoms with Gasteiger partial charge >= 0.3 is 0 Å². The average molecular weight is 128 g/mol. The van der Waals surface area contributed by atoms with Crippen LogP contribution in [-0.2, 0) is 0 Å². The van der Waals surface area contributed by atoms with E-state index in [2.05, 4.69) is 15.5 Å². The van der Waals surface area contributed by atoms with E-state index in [9.17, 15) is 0 Å². The molecular weight excluding hydrogens is 122 g/mol. The molecule has 1 rings (SSSR count). The molecule has 0 bridgehead atoms. The van der Waals surface area contributed by atoms with E-state index in [0.717, 1.165) is 11.0 Å². The van der Waals surface area contributed by atoms with Crippen LogP contribution in [0, 0.1) is 0 Å². The topological polar surface area (TPSA) is 38.8 Å². The predicted octanol–water partition coefficient (Wildman–Crippen LogP) is 0.657. The van der Waals surface area contributed by atoms with E-state index in [1.807, 2.05) is 13.2 Å². The second-order valence-corrected chi connectivity index (χ2v) is 2.12. The van der Waals surface area contributed by atoms with E-state index in [-0.39, 0.29) is 0 Å². The van der Waals surface area contributed by atoms with Crippen molar-refractivity contribution >= 4 is 22.8 Å². The summed E-state index contributed by atoms with van der Waals surface area (Å²) in [6, 6.07) is 0. The third-order valence-corrected chi connectivity index (χ3v) is 1.26. The molecule has 0 aromatic rings. The summed E-state index contributed by atoms with van der Waals surface area (Å²) in [5, 5.41) is 4.49. The molecule has 1 radical (unpaired) electrons. The quantitative estimate of drug-likeness (QED) is 0.472. The minimum atomic E-state index is 0.745. The molecule has 1 heterocycles. The van der Waals surface area contributed by atoms with Gasteiger partial charge in [-0.15, -0.1) is 10.5 Å². The summed E-state index contributed by atoms with van der Waals surface area (Å²) in [5.41, 5.74) is 3.71. The van der Waals surface area contributed by atoms with Gasteiger partial charge in [0.25, 0.3) is 0 Å². The van der Waals surface area contributed by atoms with Crippen LogP contribution in [0.2, 0.25) is 0 Å². The van der Waals surface area contributed by atoms with Crippen LogP contribution in [-0.4, -0.2) is 17.3 Å². The van der Waals surface area contributed by atoms with Crippen LogP contribution in [0.1, 0.15) is 6.92 Å². The van der Waals surface area contributed by atoms with Crippen molar-refractivity contribution in [2.75, 3.05) is 6.26 Å². The molecule has 0 amide bonds. The Kier molecular flexibility index (Phi) is 1.53. The highest BCUT2D eigenvalue weighted by Crippen LogP contribution is 2.03. The van der Waals surface area contributed by atoms with Crippen molar-refractivity contribution in [3.8, 4) is 0 Å².